The molecule has 0 unspecified atom stereocenters. The zero-order chi connectivity index (χ0) is 20.6. The van der Waals surface area contributed by atoms with Crippen LogP contribution in [-0.4, -0.2) is 5.01 Å². The van der Waals surface area contributed by atoms with E-state index < -0.39 is 0 Å². The first kappa shape index (κ1) is 18.0. The molecule has 2 aliphatic rings. The van der Waals surface area contributed by atoms with Crippen LogP contribution in [0.5, 0.6) is 5.75 Å². The molecule has 2 heterocycles. The highest BCUT2D eigenvalue weighted by atomic mass is 16.5. The van der Waals surface area contributed by atoms with E-state index >= 15 is 0 Å². The lowest BCUT2D eigenvalue weighted by Crippen LogP contribution is -2.43. The number of hydrogen-bond donors (Lipinski definition) is 1. The fourth-order valence-electron chi connectivity index (χ4n) is 4.42. The predicted molar refractivity (Wildman–Crippen MR) is 124 cm³/mol. The molecule has 2 atom stereocenters. The Kier molecular flexibility index (Phi) is 4.33. The van der Waals surface area contributed by atoms with Gasteiger partial charge in [-0.3, -0.25) is 0 Å². The van der Waals surface area contributed by atoms with E-state index in [1.165, 1.54) is 22.3 Å². The summed E-state index contributed by atoms with van der Waals surface area (Å²) in [5.41, 5.74) is 10.6. The second kappa shape index (κ2) is 7.46. The van der Waals surface area contributed by atoms with Gasteiger partial charge in [0.05, 0.1) is 11.7 Å². The summed E-state index contributed by atoms with van der Waals surface area (Å²) < 4.78 is 6.42. The highest BCUT2D eigenvalue weighted by Gasteiger charge is 2.39. The van der Waals surface area contributed by atoms with E-state index in [0.717, 1.165) is 17.0 Å². The maximum Gasteiger partial charge on any atom is 0.195 e. The first-order valence-corrected chi connectivity index (χ1v) is 10.6. The minimum atomic E-state index is -0.196. The van der Waals surface area contributed by atoms with Crippen LogP contribution in [0.3, 0.4) is 0 Å². The van der Waals surface area contributed by atoms with Crippen molar-refractivity contribution in [3.63, 3.8) is 0 Å². The highest BCUT2D eigenvalue weighted by Crippen LogP contribution is 2.45. The fourth-order valence-corrected chi connectivity index (χ4v) is 4.42. The summed E-state index contributed by atoms with van der Waals surface area (Å²) in [4.78, 5) is 0. The molecule has 0 fully saturated rings. The van der Waals surface area contributed by atoms with Gasteiger partial charge in [0, 0.05) is 11.1 Å². The Hall–Kier alpha value is -3.82. The van der Waals surface area contributed by atoms with E-state index in [2.05, 4.69) is 108 Å². The first-order chi connectivity index (χ1) is 15.4. The van der Waals surface area contributed by atoms with Gasteiger partial charge in [-0.05, 0) is 28.8 Å². The lowest BCUT2D eigenvalue weighted by atomic mass is 10.00. The number of nitrogens with one attached hydrogen (secondary N) is 1. The molecule has 0 aliphatic carbocycles. The molecule has 0 spiro atoms. The predicted octanol–water partition coefficient (Wildman–Crippen LogP) is 6.35. The molecule has 2 aliphatic heterocycles. The van der Waals surface area contributed by atoms with E-state index in [-0.39, 0.29) is 12.3 Å². The molecule has 31 heavy (non-hydrogen) atoms. The molecular formula is C28H22N2O. The van der Waals surface area contributed by atoms with Gasteiger partial charge in [0.1, 0.15) is 5.75 Å². The van der Waals surface area contributed by atoms with Crippen LogP contribution in [-0.2, 0) is 0 Å². The molecule has 4 aromatic rings. The van der Waals surface area contributed by atoms with Gasteiger partial charge in [0.2, 0.25) is 0 Å². The van der Waals surface area contributed by atoms with Gasteiger partial charge >= 0.3 is 0 Å². The van der Waals surface area contributed by atoms with Crippen LogP contribution in [0, 0.1) is 0 Å². The summed E-state index contributed by atoms with van der Waals surface area (Å²) in [5, 5.41) is 2.21. The molecule has 0 radical (unpaired) electrons. The van der Waals surface area contributed by atoms with Crippen molar-refractivity contribution in [3.05, 3.63) is 132 Å². The molecule has 1 N–H and O–H groups in total. The van der Waals surface area contributed by atoms with E-state index in [1.807, 2.05) is 18.2 Å². The number of ether oxygens (including phenoxy) is 1. The van der Waals surface area contributed by atoms with Crippen molar-refractivity contribution in [2.24, 2.45) is 0 Å². The normalized spacial score (nSPS) is 19.5. The summed E-state index contributed by atoms with van der Waals surface area (Å²) in [6.45, 7) is 0. The summed E-state index contributed by atoms with van der Waals surface area (Å²) >= 11 is 0. The summed E-state index contributed by atoms with van der Waals surface area (Å²) in [7, 11) is 0. The minimum Gasteiger partial charge on any atom is -0.469 e. The highest BCUT2D eigenvalue weighted by molar-refractivity contribution is 5.71. The zero-order valence-corrected chi connectivity index (χ0v) is 17.0. The van der Waals surface area contributed by atoms with Crippen LogP contribution in [0.15, 0.2) is 115 Å². The Bertz CT molecular complexity index is 1230. The van der Waals surface area contributed by atoms with E-state index in [0.29, 0.717) is 0 Å². The lowest BCUT2D eigenvalue weighted by Gasteiger charge is -2.38. The van der Waals surface area contributed by atoms with Gasteiger partial charge in [-0.2, -0.15) is 5.01 Å². The minimum absolute atomic E-state index is 0.110. The average molecular weight is 402 g/mol. The summed E-state index contributed by atoms with van der Waals surface area (Å²) in [5.74, 6) is 0.941. The molecular weight excluding hydrogens is 380 g/mol. The van der Waals surface area contributed by atoms with Crippen molar-refractivity contribution in [2.45, 2.75) is 12.3 Å². The van der Waals surface area contributed by atoms with Gasteiger partial charge < -0.3 is 10.2 Å². The van der Waals surface area contributed by atoms with Gasteiger partial charge in [-0.25, -0.2) is 0 Å². The number of para-hydroxylation sites is 1. The number of benzene rings is 4. The molecule has 4 aromatic carbocycles. The number of hydrogen-bond acceptors (Lipinski definition) is 3. The molecule has 6 rings (SSSR count). The first-order valence-electron chi connectivity index (χ1n) is 10.6. The van der Waals surface area contributed by atoms with Crippen LogP contribution in [0.2, 0.25) is 0 Å². The van der Waals surface area contributed by atoms with Gasteiger partial charge in [0.25, 0.3) is 0 Å². The maximum atomic E-state index is 6.42. The Morgan fingerprint density at radius 1 is 0.613 bits per heavy atom. The van der Waals surface area contributed by atoms with Gasteiger partial charge in [-0.1, -0.05) is 103 Å². The maximum absolute atomic E-state index is 6.42. The van der Waals surface area contributed by atoms with Crippen molar-refractivity contribution >= 4 is 5.70 Å². The Morgan fingerprint density at radius 2 is 1.23 bits per heavy atom. The lowest BCUT2D eigenvalue weighted by molar-refractivity contribution is -0.0326. The SMILES string of the molecule is C1=C(c2ccc(-c3ccccc3)cc2)NN2[C@@H](c3ccccc3)Oc3ccccc3[C@H]12. The second-order valence-corrected chi connectivity index (χ2v) is 7.91. The second-order valence-electron chi connectivity index (χ2n) is 7.91. The molecule has 0 saturated heterocycles. The molecule has 0 aromatic heterocycles. The molecule has 0 amide bonds. The number of nitrogens with zero attached hydrogens (tertiary/aromatic N) is 1. The smallest absolute Gasteiger partial charge is 0.195 e. The summed E-state index contributed by atoms with van der Waals surface area (Å²) in [6.07, 6.45) is 2.10. The topological polar surface area (TPSA) is 24.5 Å². The molecule has 150 valence electrons. The molecule has 3 heteroatoms. The van der Waals surface area contributed by atoms with Crippen LogP contribution in [0.1, 0.15) is 29.0 Å². The average Bonchev–Trinajstić information content (AvgIpc) is 3.31. The standard InChI is InChI=1S/C28H22N2O/c1-3-9-20(10-4-1)21-15-17-22(18-16-21)25-19-26-24-13-7-8-14-27(24)31-28(30(26)29-25)23-11-5-2-6-12-23/h1-19,26,28-29H/t26-,28+/m0/s1. The van der Waals surface area contributed by atoms with Crippen molar-refractivity contribution in [3.8, 4) is 16.9 Å². The Balaban J connectivity index is 1.36. The number of rotatable bonds is 3. The monoisotopic (exact) mass is 402 g/mol. The van der Waals surface area contributed by atoms with Crippen LogP contribution >= 0.6 is 0 Å². The Labute approximate surface area is 182 Å². The quantitative estimate of drug-likeness (QED) is 0.432. The van der Waals surface area contributed by atoms with Crippen LogP contribution in [0.4, 0.5) is 0 Å². The largest absolute Gasteiger partial charge is 0.469 e. The fraction of sp³-hybridized carbons (Fsp3) is 0.0714. The van der Waals surface area contributed by atoms with E-state index in [4.69, 9.17) is 4.74 Å². The van der Waals surface area contributed by atoms with Gasteiger partial charge in [-0.15, -0.1) is 0 Å². The van der Waals surface area contributed by atoms with Crippen LogP contribution in [0.25, 0.3) is 16.8 Å². The summed E-state index contributed by atoms with van der Waals surface area (Å²) in [6, 6.07) is 38.0. The third-order valence-corrected chi connectivity index (χ3v) is 5.99. The number of hydrazine groups is 1. The van der Waals surface area contributed by atoms with Crippen molar-refractivity contribution in [1.82, 2.24) is 10.4 Å². The third-order valence-electron chi connectivity index (χ3n) is 5.99. The van der Waals surface area contributed by atoms with Crippen molar-refractivity contribution in [1.29, 1.82) is 0 Å². The van der Waals surface area contributed by atoms with E-state index in [1.54, 1.807) is 0 Å². The van der Waals surface area contributed by atoms with Crippen LogP contribution < -0.4 is 10.2 Å². The Morgan fingerprint density at radius 3 is 2.00 bits per heavy atom. The van der Waals surface area contributed by atoms with Gasteiger partial charge in [0.15, 0.2) is 6.23 Å². The zero-order valence-electron chi connectivity index (χ0n) is 17.0. The third kappa shape index (κ3) is 3.20. The van der Waals surface area contributed by atoms with Crippen molar-refractivity contribution in [2.75, 3.05) is 0 Å². The number of fused-ring (bicyclic) bond motifs is 3. The van der Waals surface area contributed by atoms with Crippen molar-refractivity contribution < 1.29 is 4.74 Å². The molecule has 0 saturated carbocycles. The molecule has 0 bridgehead atoms. The molecule has 3 nitrogen and oxygen atoms in total. The van der Waals surface area contributed by atoms with E-state index in [9.17, 15) is 0 Å².